The van der Waals surface area contributed by atoms with Gasteiger partial charge < -0.3 is 14.9 Å². The molecule has 0 radical (unpaired) electrons. The SMILES string of the molecule is CC(=O)N1CC2(CCN(C(=O)c3ccn[nH]3)CC2)CC1(C)CO. The maximum Gasteiger partial charge on any atom is 0.271 e. The van der Waals surface area contributed by atoms with Gasteiger partial charge in [-0.3, -0.25) is 14.7 Å². The zero-order chi connectivity index (χ0) is 16.7. The van der Waals surface area contributed by atoms with Crippen LogP contribution in [0.1, 0.15) is 43.6 Å². The Morgan fingerprint density at radius 3 is 2.57 bits per heavy atom. The van der Waals surface area contributed by atoms with E-state index in [1.165, 1.54) is 0 Å². The van der Waals surface area contributed by atoms with E-state index >= 15 is 0 Å². The highest BCUT2D eigenvalue weighted by molar-refractivity contribution is 5.92. The van der Waals surface area contributed by atoms with Crippen molar-refractivity contribution in [2.45, 2.75) is 38.6 Å². The Bertz CT molecular complexity index is 592. The molecule has 2 amide bonds. The molecule has 3 heterocycles. The number of aromatic amines is 1. The fraction of sp³-hybridized carbons (Fsp3) is 0.688. The molecule has 2 aliphatic heterocycles. The molecule has 2 N–H and O–H groups in total. The first-order valence-electron chi connectivity index (χ1n) is 8.07. The van der Waals surface area contributed by atoms with Crippen molar-refractivity contribution in [1.29, 1.82) is 0 Å². The molecule has 1 unspecified atom stereocenters. The van der Waals surface area contributed by atoms with Crippen LogP contribution in [0, 0.1) is 5.41 Å². The van der Waals surface area contributed by atoms with Gasteiger partial charge in [0.1, 0.15) is 5.69 Å². The second kappa shape index (κ2) is 5.63. The summed E-state index contributed by atoms with van der Waals surface area (Å²) >= 11 is 0. The summed E-state index contributed by atoms with van der Waals surface area (Å²) in [6.07, 6.45) is 4.08. The van der Waals surface area contributed by atoms with Gasteiger partial charge in [0.05, 0.1) is 12.1 Å². The van der Waals surface area contributed by atoms with Crippen LogP contribution in [0.3, 0.4) is 0 Å². The fourth-order valence-corrected chi connectivity index (χ4v) is 4.18. The number of H-pyrrole nitrogens is 1. The molecule has 3 rings (SSSR count). The van der Waals surface area contributed by atoms with E-state index in [1.807, 2.05) is 11.8 Å². The van der Waals surface area contributed by atoms with Gasteiger partial charge in [-0.25, -0.2) is 0 Å². The van der Waals surface area contributed by atoms with Crippen molar-refractivity contribution < 1.29 is 14.7 Å². The number of rotatable bonds is 2. The molecule has 0 aliphatic carbocycles. The first-order valence-corrected chi connectivity index (χ1v) is 8.07. The van der Waals surface area contributed by atoms with E-state index in [9.17, 15) is 14.7 Å². The van der Waals surface area contributed by atoms with Crippen LogP contribution < -0.4 is 0 Å². The first kappa shape index (κ1) is 16.0. The number of aliphatic hydroxyl groups is 1. The summed E-state index contributed by atoms with van der Waals surface area (Å²) in [6, 6.07) is 1.68. The molecule has 0 saturated carbocycles. The van der Waals surface area contributed by atoms with Crippen LogP contribution in [-0.4, -0.2) is 68.7 Å². The molecule has 23 heavy (non-hydrogen) atoms. The fourth-order valence-electron chi connectivity index (χ4n) is 4.18. The predicted octanol–water partition coefficient (Wildman–Crippen LogP) is 0.635. The normalized spacial score (nSPS) is 26.7. The summed E-state index contributed by atoms with van der Waals surface area (Å²) in [5.74, 6) is -0.0157. The van der Waals surface area contributed by atoms with E-state index < -0.39 is 5.54 Å². The lowest BCUT2D eigenvalue weighted by atomic mass is 9.74. The van der Waals surface area contributed by atoms with E-state index in [1.54, 1.807) is 24.1 Å². The molecule has 0 aromatic carbocycles. The topological polar surface area (TPSA) is 89.5 Å². The van der Waals surface area contributed by atoms with Gasteiger partial charge in [-0.15, -0.1) is 0 Å². The van der Waals surface area contributed by atoms with Crippen LogP contribution in [0.2, 0.25) is 0 Å². The molecular weight excluding hydrogens is 296 g/mol. The smallest absolute Gasteiger partial charge is 0.271 e. The number of carbonyl (C=O) groups excluding carboxylic acids is 2. The molecule has 1 aromatic heterocycles. The Morgan fingerprint density at radius 1 is 1.39 bits per heavy atom. The Hall–Kier alpha value is -1.89. The van der Waals surface area contributed by atoms with Gasteiger partial charge in [0.2, 0.25) is 5.91 Å². The number of piperidine rings is 1. The third-order valence-corrected chi connectivity index (χ3v) is 5.46. The number of nitrogens with zero attached hydrogens (tertiary/aromatic N) is 3. The van der Waals surface area contributed by atoms with Gasteiger partial charge in [0.15, 0.2) is 0 Å². The second-order valence-corrected chi connectivity index (χ2v) is 7.20. The number of aromatic nitrogens is 2. The van der Waals surface area contributed by atoms with Gasteiger partial charge in [0.25, 0.3) is 5.91 Å². The lowest BCUT2D eigenvalue weighted by Gasteiger charge is -2.39. The van der Waals surface area contributed by atoms with Crippen LogP contribution in [0.15, 0.2) is 12.3 Å². The van der Waals surface area contributed by atoms with E-state index in [0.717, 1.165) is 19.3 Å². The summed E-state index contributed by atoms with van der Waals surface area (Å²) in [6.45, 7) is 5.50. The van der Waals surface area contributed by atoms with Gasteiger partial charge in [-0.2, -0.15) is 5.10 Å². The highest BCUT2D eigenvalue weighted by atomic mass is 16.3. The molecule has 1 aromatic rings. The number of hydrogen-bond donors (Lipinski definition) is 2. The third kappa shape index (κ3) is 2.73. The maximum atomic E-state index is 12.4. The van der Waals surface area contributed by atoms with E-state index in [-0.39, 0.29) is 23.8 Å². The molecule has 7 nitrogen and oxygen atoms in total. The largest absolute Gasteiger partial charge is 0.394 e. The van der Waals surface area contributed by atoms with Gasteiger partial charge in [0, 0.05) is 32.8 Å². The van der Waals surface area contributed by atoms with Crippen molar-refractivity contribution in [3.63, 3.8) is 0 Å². The monoisotopic (exact) mass is 320 g/mol. The molecule has 2 fully saturated rings. The molecule has 7 heteroatoms. The minimum absolute atomic E-state index is 0.00785. The third-order valence-electron chi connectivity index (χ3n) is 5.46. The van der Waals surface area contributed by atoms with Crippen LogP contribution in [0.5, 0.6) is 0 Å². The second-order valence-electron chi connectivity index (χ2n) is 7.20. The summed E-state index contributed by atoms with van der Waals surface area (Å²) in [5.41, 5.74) is 0.0351. The maximum absolute atomic E-state index is 12.4. The quantitative estimate of drug-likeness (QED) is 0.836. The van der Waals surface area contributed by atoms with Crippen molar-refractivity contribution in [2.24, 2.45) is 5.41 Å². The molecule has 126 valence electrons. The number of carbonyl (C=O) groups is 2. The van der Waals surface area contributed by atoms with E-state index in [2.05, 4.69) is 10.2 Å². The summed E-state index contributed by atoms with van der Waals surface area (Å²) in [5, 5.41) is 16.3. The number of aliphatic hydroxyl groups excluding tert-OH is 1. The van der Waals surface area contributed by atoms with Crippen LogP contribution in [0.4, 0.5) is 0 Å². The average molecular weight is 320 g/mol. The number of amides is 2. The zero-order valence-electron chi connectivity index (χ0n) is 13.7. The highest BCUT2D eigenvalue weighted by Crippen LogP contribution is 2.48. The summed E-state index contributed by atoms with van der Waals surface area (Å²) in [7, 11) is 0. The number of likely N-dealkylation sites (tertiary alicyclic amines) is 2. The molecule has 2 saturated heterocycles. The standard InChI is InChI=1S/C16H24N4O3/c1-12(22)20-10-16(9-15(20,2)11-21)4-7-19(8-5-16)14(23)13-3-6-17-18-13/h3,6,21H,4-5,7-11H2,1-2H3,(H,17,18). The minimum atomic E-state index is -0.485. The van der Waals surface area contributed by atoms with Crippen LogP contribution >= 0.6 is 0 Å². The minimum Gasteiger partial charge on any atom is -0.394 e. The van der Waals surface area contributed by atoms with Crippen molar-refractivity contribution in [2.75, 3.05) is 26.2 Å². The average Bonchev–Trinajstić information content (AvgIpc) is 3.15. The first-order chi connectivity index (χ1) is 10.9. The summed E-state index contributed by atoms with van der Waals surface area (Å²) in [4.78, 5) is 27.9. The molecule has 1 atom stereocenters. The van der Waals surface area contributed by atoms with E-state index in [4.69, 9.17) is 0 Å². The van der Waals surface area contributed by atoms with E-state index in [0.29, 0.717) is 25.3 Å². The Labute approximate surface area is 135 Å². The van der Waals surface area contributed by atoms with Crippen LogP contribution in [-0.2, 0) is 4.79 Å². The van der Waals surface area contributed by atoms with Crippen molar-refractivity contribution in [3.05, 3.63) is 18.0 Å². The lowest BCUT2D eigenvalue weighted by Crippen LogP contribution is -2.46. The Balaban J connectivity index is 1.69. The Kier molecular flexibility index (Phi) is 3.91. The van der Waals surface area contributed by atoms with Crippen molar-refractivity contribution in [3.8, 4) is 0 Å². The Morgan fingerprint density at radius 2 is 2.09 bits per heavy atom. The number of nitrogens with one attached hydrogen (secondary N) is 1. The zero-order valence-corrected chi connectivity index (χ0v) is 13.7. The highest BCUT2D eigenvalue weighted by Gasteiger charge is 2.52. The van der Waals surface area contributed by atoms with Crippen molar-refractivity contribution in [1.82, 2.24) is 20.0 Å². The molecule has 0 bridgehead atoms. The van der Waals surface area contributed by atoms with Crippen LogP contribution in [0.25, 0.3) is 0 Å². The molecule has 2 aliphatic rings. The summed E-state index contributed by atoms with van der Waals surface area (Å²) < 4.78 is 0. The molecule has 1 spiro atoms. The van der Waals surface area contributed by atoms with Crippen molar-refractivity contribution >= 4 is 11.8 Å². The van der Waals surface area contributed by atoms with Gasteiger partial charge in [-0.1, -0.05) is 0 Å². The number of hydrogen-bond acceptors (Lipinski definition) is 4. The molecular formula is C16H24N4O3. The predicted molar refractivity (Wildman–Crippen MR) is 83.7 cm³/mol. The van der Waals surface area contributed by atoms with Gasteiger partial charge in [-0.05, 0) is 37.7 Å². The van der Waals surface area contributed by atoms with Gasteiger partial charge >= 0.3 is 0 Å². The lowest BCUT2D eigenvalue weighted by molar-refractivity contribution is -0.134.